The lowest BCUT2D eigenvalue weighted by molar-refractivity contribution is 0.0691. The number of nitrogens with zero attached hydrogens (tertiary/aromatic N) is 4. The van der Waals surface area contributed by atoms with Crippen LogP contribution in [0.15, 0.2) is 24.4 Å². The standard InChI is InChI=1S/C14H10Cl2N4O2/c1-7-18-10-2-3-11(14(21)22)19-13(10)20(7)6-12-9(16)4-8(15)5-17-12/h2-5H,6H2,1H3,(H,21,22). The molecule has 0 atom stereocenters. The van der Waals surface area contributed by atoms with Crippen LogP contribution in [-0.4, -0.2) is 30.6 Å². The van der Waals surface area contributed by atoms with Crippen LogP contribution in [0.4, 0.5) is 0 Å². The van der Waals surface area contributed by atoms with E-state index in [1.54, 1.807) is 16.7 Å². The van der Waals surface area contributed by atoms with Gasteiger partial charge in [0.05, 0.1) is 22.3 Å². The minimum Gasteiger partial charge on any atom is -0.477 e. The number of hydrogen-bond donors (Lipinski definition) is 1. The molecule has 0 fully saturated rings. The zero-order valence-electron chi connectivity index (χ0n) is 11.4. The molecule has 1 N–H and O–H groups in total. The summed E-state index contributed by atoms with van der Waals surface area (Å²) in [6.07, 6.45) is 1.51. The monoisotopic (exact) mass is 336 g/mol. The molecule has 22 heavy (non-hydrogen) atoms. The molecule has 0 saturated carbocycles. The van der Waals surface area contributed by atoms with Crippen molar-refractivity contribution in [2.75, 3.05) is 0 Å². The van der Waals surface area contributed by atoms with E-state index < -0.39 is 5.97 Å². The molecule has 3 aromatic heterocycles. The summed E-state index contributed by atoms with van der Waals surface area (Å²) in [6, 6.07) is 4.66. The van der Waals surface area contributed by atoms with Crippen molar-refractivity contribution in [1.29, 1.82) is 0 Å². The molecular formula is C14H10Cl2N4O2. The second kappa shape index (κ2) is 5.55. The Kier molecular flexibility index (Phi) is 3.72. The van der Waals surface area contributed by atoms with Gasteiger partial charge in [-0.3, -0.25) is 4.98 Å². The highest BCUT2D eigenvalue weighted by Crippen LogP contribution is 2.22. The minimum atomic E-state index is -1.09. The smallest absolute Gasteiger partial charge is 0.354 e. The van der Waals surface area contributed by atoms with Crippen LogP contribution in [0.2, 0.25) is 10.0 Å². The van der Waals surface area contributed by atoms with Crippen LogP contribution in [0.5, 0.6) is 0 Å². The van der Waals surface area contributed by atoms with Gasteiger partial charge in [-0.2, -0.15) is 0 Å². The van der Waals surface area contributed by atoms with Crippen LogP contribution in [0.3, 0.4) is 0 Å². The van der Waals surface area contributed by atoms with Crippen LogP contribution in [0, 0.1) is 6.92 Å². The molecule has 0 aliphatic heterocycles. The lowest BCUT2D eigenvalue weighted by Crippen LogP contribution is -2.07. The maximum absolute atomic E-state index is 11.1. The molecule has 0 radical (unpaired) electrons. The van der Waals surface area contributed by atoms with Crippen molar-refractivity contribution < 1.29 is 9.90 Å². The molecule has 0 spiro atoms. The molecule has 0 aliphatic rings. The Balaban J connectivity index is 2.11. The average molecular weight is 337 g/mol. The highest BCUT2D eigenvalue weighted by atomic mass is 35.5. The van der Waals surface area contributed by atoms with E-state index in [1.165, 1.54) is 12.3 Å². The van der Waals surface area contributed by atoms with E-state index in [2.05, 4.69) is 15.0 Å². The number of halogens is 2. The molecule has 0 aliphatic carbocycles. The van der Waals surface area contributed by atoms with Gasteiger partial charge in [0.2, 0.25) is 0 Å². The SMILES string of the molecule is Cc1nc2ccc(C(=O)O)nc2n1Cc1ncc(Cl)cc1Cl. The number of aromatic nitrogens is 4. The van der Waals surface area contributed by atoms with E-state index in [-0.39, 0.29) is 5.69 Å². The van der Waals surface area contributed by atoms with Gasteiger partial charge in [-0.1, -0.05) is 23.2 Å². The van der Waals surface area contributed by atoms with Crippen LogP contribution in [0.25, 0.3) is 11.2 Å². The summed E-state index contributed by atoms with van der Waals surface area (Å²) in [5.41, 5.74) is 1.66. The summed E-state index contributed by atoms with van der Waals surface area (Å²) < 4.78 is 1.77. The highest BCUT2D eigenvalue weighted by molar-refractivity contribution is 6.34. The third-order valence-corrected chi connectivity index (χ3v) is 3.73. The fraction of sp³-hybridized carbons (Fsp3) is 0.143. The number of fused-ring (bicyclic) bond motifs is 1. The Morgan fingerprint density at radius 2 is 2.09 bits per heavy atom. The number of imidazole rings is 1. The van der Waals surface area contributed by atoms with E-state index in [9.17, 15) is 4.79 Å². The first kappa shape index (κ1) is 14.7. The van der Waals surface area contributed by atoms with E-state index in [0.29, 0.717) is 39.3 Å². The molecule has 0 aromatic carbocycles. The summed E-state index contributed by atoms with van der Waals surface area (Å²) in [6.45, 7) is 2.14. The maximum Gasteiger partial charge on any atom is 0.354 e. The topological polar surface area (TPSA) is 80.9 Å². The summed E-state index contributed by atoms with van der Waals surface area (Å²) in [5, 5.41) is 9.95. The number of aryl methyl sites for hydroxylation is 1. The van der Waals surface area contributed by atoms with Gasteiger partial charge in [0.1, 0.15) is 11.3 Å². The number of aromatic carboxylic acids is 1. The van der Waals surface area contributed by atoms with Gasteiger partial charge in [-0.25, -0.2) is 14.8 Å². The van der Waals surface area contributed by atoms with Gasteiger partial charge in [0, 0.05) is 6.20 Å². The number of carboxylic acids is 1. The third kappa shape index (κ3) is 2.63. The molecule has 112 valence electrons. The van der Waals surface area contributed by atoms with E-state index in [0.717, 1.165) is 0 Å². The summed E-state index contributed by atoms with van der Waals surface area (Å²) in [4.78, 5) is 23.8. The van der Waals surface area contributed by atoms with Gasteiger partial charge in [0.25, 0.3) is 0 Å². The van der Waals surface area contributed by atoms with Crippen molar-refractivity contribution in [2.45, 2.75) is 13.5 Å². The average Bonchev–Trinajstić information content (AvgIpc) is 2.77. The zero-order chi connectivity index (χ0) is 15.9. The quantitative estimate of drug-likeness (QED) is 0.794. The summed E-state index contributed by atoms with van der Waals surface area (Å²) >= 11 is 12.0. The summed E-state index contributed by atoms with van der Waals surface area (Å²) in [5.74, 6) is -0.396. The van der Waals surface area contributed by atoms with E-state index >= 15 is 0 Å². The van der Waals surface area contributed by atoms with Crippen molar-refractivity contribution in [3.63, 3.8) is 0 Å². The molecule has 3 heterocycles. The van der Waals surface area contributed by atoms with Crippen molar-refractivity contribution >= 4 is 40.3 Å². The Morgan fingerprint density at radius 1 is 1.32 bits per heavy atom. The van der Waals surface area contributed by atoms with Crippen molar-refractivity contribution in [3.05, 3.63) is 51.7 Å². The predicted molar refractivity (Wildman–Crippen MR) is 82.6 cm³/mol. The first-order valence-electron chi connectivity index (χ1n) is 6.33. The summed E-state index contributed by atoms with van der Waals surface area (Å²) in [7, 11) is 0. The van der Waals surface area contributed by atoms with Gasteiger partial charge < -0.3 is 9.67 Å². The first-order valence-corrected chi connectivity index (χ1v) is 7.08. The lowest BCUT2D eigenvalue weighted by Gasteiger charge is -2.08. The molecule has 3 aromatic rings. The number of carbonyl (C=O) groups is 1. The lowest BCUT2D eigenvalue weighted by atomic mass is 10.3. The normalized spacial score (nSPS) is 11.0. The molecule has 0 amide bonds. The minimum absolute atomic E-state index is 0.0381. The second-order valence-electron chi connectivity index (χ2n) is 4.67. The van der Waals surface area contributed by atoms with Crippen LogP contribution in [0.1, 0.15) is 22.0 Å². The largest absolute Gasteiger partial charge is 0.477 e. The molecule has 6 nitrogen and oxygen atoms in total. The number of hydrogen-bond acceptors (Lipinski definition) is 4. The zero-order valence-corrected chi connectivity index (χ0v) is 12.9. The predicted octanol–water partition coefficient (Wildman–Crippen LogP) is 3.19. The number of pyridine rings is 2. The van der Waals surface area contributed by atoms with Crippen LogP contribution >= 0.6 is 23.2 Å². The van der Waals surface area contributed by atoms with Crippen molar-refractivity contribution in [3.8, 4) is 0 Å². The van der Waals surface area contributed by atoms with Crippen LogP contribution < -0.4 is 0 Å². The Labute approximate surface area is 135 Å². The Hall–Kier alpha value is -2.18. The highest BCUT2D eigenvalue weighted by Gasteiger charge is 2.14. The van der Waals surface area contributed by atoms with Gasteiger partial charge in [0.15, 0.2) is 11.3 Å². The molecule has 0 bridgehead atoms. The maximum atomic E-state index is 11.1. The Morgan fingerprint density at radius 3 is 2.77 bits per heavy atom. The van der Waals surface area contributed by atoms with E-state index in [4.69, 9.17) is 28.3 Å². The van der Waals surface area contributed by atoms with E-state index in [1.807, 2.05) is 6.92 Å². The fourth-order valence-corrected chi connectivity index (χ4v) is 2.57. The molecule has 0 unspecified atom stereocenters. The molecule has 0 saturated heterocycles. The molecule has 8 heteroatoms. The molecular weight excluding hydrogens is 327 g/mol. The van der Waals surface area contributed by atoms with Gasteiger partial charge in [-0.05, 0) is 25.1 Å². The first-order chi connectivity index (χ1) is 10.5. The second-order valence-corrected chi connectivity index (χ2v) is 5.52. The van der Waals surface area contributed by atoms with Crippen molar-refractivity contribution in [2.24, 2.45) is 0 Å². The van der Waals surface area contributed by atoms with Gasteiger partial charge in [-0.15, -0.1) is 0 Å². The van der Waals surface area contributed by atoms with Crippen molar-refractivity contribution in [1.82, 2.24) is 19.5 Å². The number of carboxylic acid groups (broad SMARTS) is 1. The Bertz CT molecular complexity index is 892. The third-order valence-electron chi connectivity index (χ3n) is 3.19. The number of rotatable bonds is 3. The van der Waals surface area contributed by atoms with Gasteiger partial charge >= 0.3 is 5.97 Å². The van der Waals surface area contributed by atoms with Crippen LogP contribution in [-0.2, 0) is 6.54 Å². The molecule has 3 rings (SSSR count). The fourth-order valence-electron chi connectivity index (χ4n) is 2.13.